The maximum Gasteiger partial charge on any atom is 0.194 e. The minimum absolute atomic E-state index is 0.0660. The fourth-order valence-corrected chi connectivity index (χ4v) is 1.95. The molecule has 0 aliphatic heterocycles. The van der Waals surface area contributed by atoms with E-state index in [2.05, 4.69) is 0 Å². The highest BCUT2D eigenvalue weighted by molar-refractivity contribution is 6.02. The van der Waals surface area contributed by atoms with Gasteiger partial charge in [0.25, 0.3) is 0 Å². The van der Waals surface area contributed by atoms with Crippen LogP contribution in [0.4, 0.5) is 0 Å². The van der Waals surface area contributed by atoms with Crippen molar-refractivity contribution >= 4 is 5.78 Å². The van der Waals surface area contributed by atoms with Crippen LogP contribution in [0.2, 0.25) is 0 Å². The fraction of sp³-hybridized carbons (Fsp3) is 0.500. The molecule has 0 aliphatic carbocycles. The summed E-state index contributed by atoms with van der Waals surface area (Å²) in [5.41, 5.74) is -1.04. The van der Waals surface area contributed by atoms with Crippen molar-refractivity contribution in [2.45, 2.75) is 31.3 Å². The molecule has 0 spiro atoms. The SMILES string of the molecule is O=C(c1ccccc1)C(O)(CCCO)CCCO. The summed E-state index contributed by atoms with van der Waals surface area (Å²) in [5.74, 6) is -0.343. The summed E-state index contributed by atoms with van der Waals surface area (Å²) >= 11 is 0. The van der Waals surface area contributed by atoms with Gasteiger partial charge in [0.15, 0.2) is 5.78 Å². The molecule has 0 amide bonds. The molecule has 0 aromatic heterocycles. The van der Waals surface area contributed by atoms with Crippen LogP contribution in [0.3, 0.4) is 0 Å². The Bertz CT molecular complexity index is 353. The van der Waals surface area contributed by atoms with Gasteiger partial charge in [-0.25, -0.2) is 0 Å². The van der Waals surface area contributed by atoms with E-state index in [1.54, 1.807) is 30.3 Å². The summed E-state index contributed by atoms with van der Waals surface area (Å²) in [6.45, 7) is -0.132. The van der Waals surface area contributed by atoms with Crippen LogP contribution in [0.1, 0.15) is 36.0 Å². The second-order valence-corrected chi connectivity index (χ2v) is 4.38. The highest BCUT2D eigenvalue weighted by Crippen LogP contribution is 2.24. The summed E-state index contributed by atoms with van der Waals surface area (Å²) in [4.78, 5) is 12.3. The average Bonchev–Trinajstić information content (AvgIpc) is 2.43. The van der Waals surface area contributed by atoms with Gasteiger partial charge in [0.2, 0.25) is 0 Å². The number of rotatable bonds is 8. The third-order valence-corrected chi connectivity index (χ3v) is 2.96. The third-order valence-electron chi connectivity index (χ3n) is 2.96. The van der Waals surface area contributed by atoms with Crippen LogP contribution in [0.15, 0.2) is 30.3 Å². The van der Waals surface area contributed by atoms with Crippen LogP contribution < -0.4 is 0 Å². The Morgan fingerprint density at radius 3 is 1.94 bits per heavy atom. The topological polar surface area (TPSA) is 77.8 Å². The molecule has 0 fully saturated rings. The summed E-state index contributed by atoms with van der Waals surface area (Å²) in [5, 5.41) is 28.1. The number of aliphatic hydroxyl groups is 3. The Labute approximate surface area is 107 Å². The quantitative estimate of drug-likeness (QED) is 0.606. The van der Waals surface area contributed by atoms with Crippen molar-refractivity contribution in [3.05, 3.63) is 35.9 Å². The molecule has 4 nitrogen and oxygen atoms in total. The van der Waals surface area contributed by atoms with Crippen molar-refractivity contribution in [2.75, 3.05) is 13.2 Å². The number of aliphatic hydroxyl groups excluding tert-OH is 2. The number of ketones is 1. The van der Waals surface area contributed by atoms with Gasteiger partial charge in [-0.3, -0.25) is 4.79 Å². The first-order valence-electron chi connectivity index (χ1n) is 6.18. The molecule has 0 saturated carbocycles. The number of hydrogen-bond acceptors (Lipinski definition) is 4. The average molecular weight is 252 g/mol. The number of benzene rings is 1. The van der Waals surface area contributed by atoms with Gasteiger partial charge in [-0.1, -0.05) is 30.3 Å². The summed E-state index contributed by atoms with van der Waals surface area (Å²) in [6, 6.07) is 8.60. The van der Waals surface area contributed by atoms with Crippen LogP contribution in [-0.4, -0.2) is 39.9 Å². The van der Waals surface area contributed by atoms with Crippen molar-refractivity contribution in [3.8, 4) is 0 Å². The third kappa shape index (κ3) is 3.91. The molecule has 0 unspecified atom stereocenters. The van der Waals surface area contributed by atoms with Crippen molar-refractivity contribution < 1.29 is 20.1 Å². The van der Waals surface area contributed by atoms with E-state index in [0.717, 1.165) is 0 Å². The molecule has 0 atom stereocenters. The lowest BCUT2D eigenvalue weighted by atomic mass is 9.85. The highest BCUT2D eigenvalue weighted by Gasteiger charge is 2.35. The van der Waals surface area contributed by atoms with Gasteiger partial charge in [0.05, 0.1) is 0 Å². The minimum atomic E-state index is -1.49. The van der Waals surface area contributed by atoms with Crippen LogP contribution in [0.5, 0.6) is 0 Å². The van der Waals surface area contributed by atoms with E-state index >= 15 is 0 Å². The molecule has 0 radical (unpaired) electrons. The van der Waals surface area contributed by atoms with Gasteiger partial charge < -0.3 is 15.3 Å². The summed E-state index contributed by atoms with van der Waals surface area (Å²) in [7, 11) is 0. The molecule has 1 aromatic carbocycles. The van der Waals surface area contributed by atoms with E-state index < -0.39 is 5.60 Å². The van der Waals surface area contributed by atoms with Gasteiger partial charge in [-0.2, -0.15) is 0 Å². The lowest BCUT2D eigenvalue weighted by Crippen LogP contribution is -2.39. The van der Waals surface area contributed by atoms with Gasteiger partial charge in [-0.05, 0) is 25.7 Å². The predicted octanol–water partition coefficient (Wildman–Crippen LogP) is 1.15. The molecular weight excluding hydrogens is 232 g/mol. The lowest BCUT2D eigenvalue weighted by molar-refractivity contribution is 0.0158. The van der Waals surface area contributed by atoms with Crippen molar-refractivity contribution in [1.82, 2.24) is 0 Å². The maximum atomic E-state index is 12.3. The number of carbonyl (C=O) groups is 1. The van der Waals surface area contributed by atoms with E-state index in [9.17, 15) is 9.90 Å². The van der Waals surface area contributed by atoms with Crippen LogP contribution in [0.25, 0.3) is 0 Å². The molecule has 1 rings (SSSR count). The largest absolute Gasteiger partial charge is 0.396 e. The summed E-state index contributed by atoms with van der Waals surface area (Å²) in [6.07, 6.45) is 1.13. The second-order valence-electron chi connectivity index (χ2n) is 4.38. The van der Waals surface area contributed by atoms with E-state index in [-0.39, 0.29) is 31.8 Å². The Balaban J connectivity index is 2.84. The van der Waals surface area contributed by atoms with Crippen LogP contribution in [-0.2, 0) is 0 Å². The molecule has 3 N–H and O–H groups in total. The predicted molar refractivity (Wildman–Crippen MR) is 68.4 cm³/mol. The molecule has 0 bridgehead atoms. The summed E-state index contributed by atoms with van der Waals surface area (Å²) < 4.78 is 0. The Hall–Kier alpha value is -1.23. The smallest absolute Gasteiger partial charge is 0.194 e. The molecule has 100 valence electrons. The van der Waals surface area contributed by atoms with Gasteiger partial charge in [-0.15, -0.1) is 0 Å². The number of hydrogen-bond donors (Lipinski definition) is 3. The fourth-order valence-electron chi connectivity index (χ4n) is 1.95. The van der Waals surface area contributed by atoms with Crippen molar-refractivity contribution in [2.24, 2.45) is 0 Å². The van der Waals surface area contributed by atoms with E-state index in [4.69, 9.17) is 10.2 Å². The van der Waals surface area contributed by atoms with Crippen molar-refractivity contribution in [3.63, 3.8) is 0 Å². The molecule has 0 saturated heterocycles. The number of Topliss-reactive ketones (excluding diaryl/α,β-unsaturated/α-hetero) is 1. The standard InChI is InChI=1S/C14H20O4/c15-10-4-8-14(18,9-5-11-16)13(17)12-6-2-1-3-7-12/h1-3,6-7,15-16,18H,4-5,8-11H2. The molecule has 18 heavy (non-hydrogen) atoms. The van der Waals surface area contributed by atoms with Gasteiger partial charge in [0.1, 0.15) is 5.60 Å². The zero-order chi connectivity index (χ0) is 13.4. The molecule has 1 aromatic rings. The zero-order valence-electron chi connectivity index (χ0n) is 10.4. The lowest BCUT2D eigenvalue weighted by Gasteiger charge is -2.26. The van der Waals surface area contributed by atoms with Gasteiger partial charge in [0, 0.05) is 18.8 Å². The molecular formula is C14H20O4. The Morgan fingerprint density at radius 2 is 1.50 bits per heavy atom. The molecule has 4 heteroatoms. The van der Waals surface area contributed by atoms with Gasteiger partial charge >= 0.3 is 0 Å². The van der Waals surface area contributed by atoms with Crippen LogP contribution in [0, 0.1) is 0 Å². The first kappa shape index (κ1) is 14.8. The maximum absolute atomic E-state index is 12.3. The van der Waals surface area contributed by atoms with Crippen LogP contribution >= 0.6 is 0 Å². The molecule has 0 aliphatic rings. The highest BCUT2D eigenvalue weighted by atomic mass is 16.3. The first-order valence-corrected chi connectivity index (χ1v) is 6.18. The van der Waals surface area contributed by atoms with E-state index in [1.165, 1.54) is 0 Å². The van der Waals surface area contributed by atoms with E-state index in [1.807, 2.05) is 0 Å². The van der Waals surface area contributed by atoms with Crippen molar-refractivity contribution in [1.29, 1.82) is 0 Å². The Morgan fingerprint density at radius 1 is 1.00 bits per heavy atom. The number of carbonyl (C=O) groups excluding carboxylic acids is 1. The minimum Gasteiger partial charge on any atom is -0.396 e. The second kappa shape index (κ2) is 7.26. The Kier molecular flexibility index (Phi) is 5.98. The monoisotopic (exact) mass is 252 g/mol. The normalized spacial score (nSPS) is 11.5. The molecule has 0 heterocycles. The zero-order valence-corrected chi connectivity index (χ0v) is 10.4. The van der Waals surface area contributed by atoms with E-state index in [0.29, 0.717) is 18.4 Å². The first-order chi connectivity index (χ1) is 8.64.